The Kier molecular flexibility index (Phi) is 6.92. The summed E-state index contributed by atoms with van der Waals surface area (Å²) in [4.78, 5) is 14.7. The van der Waals surface area contributed by atoms with Crippen LogP contribution in [-0.4, -0.2) is 66.0 Å². The Morgan fingerprint density at radius 1 is 1.14 bits per heavy atom. The molecule has 3 aromatic rings. The van der Waals surface area contributed by atoms with E-state index in [1.165, 1.54) is 27.4 Å². The van der Waals surface area contributed by atoms with Crippen LogP contribution in [0.3, 0.4) is 0 Å². The molecule has 0 unspecified atom stereocenters. The van der Waals surface area contributed by atoms with E-state index in [1.54, 1.807) is 0 Å². The van der Waals surface area contributed by atoms with Crippen molar-refractivity contribution in [3.63, 3.8) is 0 Å². The van der Waals surface area contributed by atoms with E-state index in [0.717, 1.165) is 68.3 Å². The van der Waals surface area contributed by atoms with Gasteiger partial charge >= 0.3 is 6.01 Å². The quantitative estimate of drug-likeness (QED) is 0.371. The zero-order chi connectivity index (χ0) is 25.6. The number of benzene rings is 2. The molecule has 2 aliphatic heterocycles. The van der Waals surface area contributed by atoms with Crippen molar-refractivity contribution in [2.75, 3.05) is 50.9 Å². The standard InChI is InChI=1S/C29H35IN4O3/c1-19(2)27-22-6-9-34(25-15-21(35)14-20-4-3-5-23(30)26(20)25)16-24(22)31-28(32-27)37-18-29(7-8-29)17-33-10-12-36-13-11-33/h3-5,14-15,19,35H,6-13,16-18H2,1-2H3. The smallest absolute Gasteiger partial charge is 0.316 e. The molecule has 196 valence electrons. The molecule has 1 aliphatic carbocycles. The minimum Gasteiger partial charge on any atom is -0.508 e. The number of fused-ring (bicyclic) bond motifs is 2. The van der Waals surface area contributed by atoms with E-state index < -0.39 is 0 Å². The van der Waals surface area contributed by atoms with Crippen LogP contribution in [0, 0.1) is 8.99 Å². The largest absolute Gasteiger partial charge is 0.508 e. The molecule has 0 bridgehead atoms. The highest BCUT2D eigenvalue weighted by Crippen LogP contribution is 2.46. The number of phenols is 1. The van der Waals surface area contributed by atoms with Crippen LogP contribution in [0.1, 0.15) is 49.6 Å². The number of nitrogens with zero attached hydrogens (tertiary/aromatic N) is 4. The Hall–Kier alpha value is -2.17. The number of aromatic hydroxyl groups is 1. The summed E-state index contributed by atoms with van der Waals surface area (Å²) in [6.07, 6.45) is 3.28. The molecule has 1 saturated carbocycles. The first-order valence-electron chi connectivity index (χ1n) is 13.4. The normalized spacial score (nSPS) is 19.3. The summed E-state index contributed by atoms with van der Waals surface area (Å²) in [5.74, 6) is 0.594. The van der Waals surface area contributed by atoms with Gasteiger partial charge in [0.15, 0.2) is 0 Å². The Morgan fingerprint density at radius 2 is 1.95 bits per heavy atom. The molecule has 6 rings (SSSR count). The summed E-state index contributed by atoms with van der Waals surface area (Å²) >= 11 is 2.39. The number of morpholine rings is 1. The lowest BCUT2D eigenvalue weighted by atomic mass is 9.96. The molecule has 0 radical (unpaired) electrons. The number of hydrogen-bond donors (Lipinski definition) is 1. The fourth-order valence-electron chi connectivity index (χ4n) is 5.75. The predicted molar refractivity (Wildman–Crippen MR) is 154 cm³/mol. The monoisotopic (exact) mass is 614 g/mol. The third-order valence-electron chi connectivity index (χ3n) is 7.98. The first-order chi connectivity index (χ1) is 17.9. The van der Waals surface area contributed by atoms with Gasteiger partial charge in [0, 0.05) is 52.3 Å². The highest BCUT2D eigenvalue weighted by Gasteiger charge is 2.45. The van der Waals surface area contributed by atoms with Crippen LogP contribution >= 0.6 is 22.6 Å². The third-order valence-corrected chi connectivity index (χ3v) is 8.88. The lowest BCUT2D eigenvalue weighted by Crippen LogP contribution is -2.41. The molecular weight excluding hydrogens is 579 g/mol. The van der Waals surface area contributed by atoms with Gasteiger partial charge in [0.05, 0.1) is 37.8 Å². The molecule has 2 fully saturated rings. The number of rotatable bonds is 7. The molecule has 2 aromatic carbocycles. The topological polar surface area (TPSA) is 71.0 Å². The van der Waals surface area contributed by atoms with E-state index >= 15 is 0 Å². The number of aromatic nitrogens is 2. The fraction of sp³-hybridized carbons (Fsp3) is 0.517. The van der Waals surface area contributed by atoms with E-state index in [9.17, 15) is 5.11 Å². The molecule has 1 N–H and O–H groups in total. The summed E-state index contributed by atoms with van der Waals surface area (Å²) in [6, 6.07) is 10.5. The molecule has 3 heterocycles. The van der Waals surface area contributed by atoms with Crippen molar-refractivity contribution >= 4 is 39.1 Å². The van der Waals surface area contributed by atoms with E-state index in [4.69, 9.17) is 19.4 Å². The first kappa shape index (κ1) is 25.1. The van der Waals surface area contributed by atoms with Gasteiger partial charge in [-0.25, -0.2) is 0 Å². The summed E-state index contributed by atoms with van der Waals surface area (Å²) in [5.41, 5.74) is 4.68. The summed E-state index contributed by atoms with van der Waals surface area (Å²) < 4.78 is 13.0. The summed E-state index contributed by atoms with van der Waals surface area (Å²) in [5, 5.41) is 12.7. The molecule has 3 aliphatic rings. The van der Waals surface area contributed by atoms with Crippen LogP contribution in [0.5, 0.6) is 11.8 Å². The predicted octanol–water partition coefficient (Wildman–Crippen LogP) is 5.12. The van der Waals surface area contributed by atoms with Gasteiger partial charge in [0.1, 0.15) is 5.75 Å². The van der Waals surface area contributed by atoms with Crippen molar-refractivity contribution in [2.24, 2.45) is 5.41 Å². The van der Waals surface area contributed by atoms with Crippen molar-refractivity contribution in [3.05, 3.63) is 50.9 Å². The molecule has 1 saturated heterocycles. The molecule has 0 amide bonds. The van der Waals surface area contributed by atoms with Crippen LogP contribution in [0.15, 0.2) is 30.3 Å². The minimum atomic E-state index is 0.220. The Morgan fingerprint density at radius 3 is 2.70 bits per heavy atom. The SMILES string of the molecule is CC(C)c1nc(OCC2(CN3CCOCC3)CC2)nc2c1CCN(c1cc(O)cc3cccc(I)c13)C2. The molecule has 8 heteroatoms. The van der Waals surface area contributed by atoms with Crippen molar-refractivity contribution in [1.82, 2.24) is 14.9 Å². The zero-order valence-corrected chi connectivity index (χ0v) is 23.8. The van der Waals surface area contributed by atoms with E-state index in [2.05, 4.69) is 58.4 Å². The van der Waals surface area contributed by atoms with Gasteiger partial charge in [0.25, 0.3) is 0 Å². The van der Waals surface area contributed by atoms with Crippen LogP contribution in [-0.2, 0) is 17.7 Å². The molecule has 0 spiro atoms. The minimum absolute atomic E-state index is 0.220. The van der Waals surface area contributed by atoms with Crippen LogP contribution in [0.25, 0.3) is 10.8 Å². The second kappa shape index (κ2) is 10.2. The zero-order valence-electron chi connectivity index (χ0n) is 21.7. The maximum atomic E-state index is 10.5. The van der Waals surface area contributed by atoms with Gasteiger partial charge in [-0.1, -0.05) is 26.0 Å². The van der Waals surface area contributed by atoms with Gasteiger partial charge in [-0.2, -0.15) is 9.97 Å². The first-order valence-corrected chi connectivity index (χ1v) is 14.5. The van der Waals surface area contributed by atoms with Crippen LogP contribution < -0.4 is 9.64 Å². The van der Waals surface area contributed by atoms with Crippen molar-refractivity contribution in [3.8, 4) is 11.8 Å². The third kappa shape index (κ3) is 5.25. The Balaban J connectivity index is 1.26. The van der Waals surface area contributed by atoms with Crippen LogP contribution in [0.2, 0.25) is 0 Å². The lowest BCUT2D eigenvalue weighted by molar-refractivity contribution is 0.0231. The van der Waals surface area contributed by atoms with Crippen LogP contribution in [0.4, 0.5) is 5.69 Å². The van der Waals surface area contributed by atoms with Gasteiger partial charge in [-0.05, 0) is 70.9 Å². The van der Waals surface area contributed by atoms with E-state index in [1.807, 2.05) is 18.2 Å². The molecule has 1 aromatic heterocycles. The summed E-state index contributed by atoms with van der Waals surface area (Å²) in [7, 11) is 0. The van der Waals surface area contributed by atoms with Crippen molar-refractivity contribution in [1.29, 1.82) is 0 Å². The maximum absolute atomic E-state index is 10.5. The highest BCUT2D eigenvalue weighted by atomic mass is 127. The van der Waals surface area contributed by atoms with Gasteiger partial charge < -0.3 is 19.5 Å². The average molecular weight is 615 g/mol. The lowest BCUT2D eigenvalue weighted by Gasteiger charge is -2.33. The van der Waals surface area contributed by atoms with E-state index in [0.29, 0.717) is 30.8 Å². The second-order valence-electron chi connectivity index (χ2n) is 11.1. The Labute approximate surface area is 232 Å². The maximum Gasteiger partial charge on any atom is 0.316 e. The highest BCUT2D eigenvalue weighted by molar-refractivity contribution is 14.1. The molecule has 37 heavy (non-hydrogen) atoms. The van der Waals surface area contributed by atoms with Gasteiger partial charge in [0.2, 0.25) is 0 Å². The molecule has 7 nitrogen and oxygen atoms in total. The summed E-state index contributed by atoms with van der Waals surface area (Å²) in [6.45, 7) is 11.3. The second-order valence-corrected chi connectivity index (χ2v) is 12.3. The number of hydrogen-bond acceptors (Lipinski definition) is 7. The molecular formula is C29H35IN4O3. The number of anilines is 1. The Bertz CT molecular complexity index is 1300. The number of halogens is 1. The van der Waals surface area contributed by atoms with Gasteiger partial charge in [-0.3, -0.25) is 4.90 Å². The number of ether oxygens (including phenoxy) is 2. The van der Waals surface area contributed by atoms with E-state index in [-0.39, 0.29) is 5.41 Å². The fourth-order valence-corrected chi connectivity index (χ4v) is 6.55. The molecule has 0 atom stereocenters. The average Bonchev–Trinajstić information content (AvgIpc) is 3.66. The number of phenolic OH excluding ortho intramolecular Hbond substituents is 1. The van der Waals surface area contributed by atoms with Crippen molar-refractivity contribution < 1.29 is 14.6 Å². The van der Waals surface area contributed by atoms with Crippen molar-refractivity contribution in [2.45, 2.75) is 45.6 Å². The van der Waals surface area contributed by atoms with Gasteiger partial charge in [-0.15, -0.1) is 0 Å².